The van der Waals surface area contributed by atoms with E-state index in [1.54, 1.807) is 7.11 Å². The minimum Gasteiger partial charge on any atom is -0.384 e. The van der Waals surface area contributed by atoms with E-state index in [4.69, 9.17) is 4.74 Å². The van der Waals surface area contributed by atoms with Gasteiger partial charge in [0.05, 0.1) is 6.61 Å². The molecule has 3 nitrogen and oxygen atoms in total. The molecule has 1 saturated heterocycles. The summed E-state index contributed by atoms with van der Waals surface area (Å²) >= 11 is 0. The number of likely N-dealkylation sites (tertiary alicyclic amines) is 1. The Hall–Kier alpha value is -0.570. The van der Waals surface area contributed by atoms with Gasteiger partial charge in [0.25, 0.3) is 0 Å². The van der Waals surface area contributed by atoms with Crippen LogP contribution < -0.4 is 0 Å². The van der Waals surface area contributed by atoms with E-state index in [2.05, 4.69) is 0 Å². The Morgan fingerprint density at radius 1 is 1.67 bits per heavy atom. The number of ether oxygens (including phenoxy) is 1. The van der Waals surface area contributed by atoms with E-state index < -0.39 is 0 Å². The van der Waals surface area contributed by atoms with Crippen LogP contribution in [0.25, 0.3) is 0 Å². The highest BCUT2D eigenvalue weighted by atomic mass is 16.5. The Morgan fingerprint density at radius 3 is 3.00 bits per heavy atom. The molecule has 1 rings (SSSR count). The number of carbonyl (C=O) groups excluding carboxylic acids is 1. The fraction of sp³-hybridized carbons (Fsp3) is 0.889. The summed E-state index contributed by atoms with van der Waals surface area (Å²) in [6.45, 7) is 4.50. The van der Waals surface area contributed by atoms with Gasteiger partial charge >= 0.3 is 0 Å². The van der Waals surface area contributed by atoms with E-state index in [0.29, 0.717) is 12.3 Å². The van der Waals surface area contributed by atoms with Gasteiger partial charge in [-0.15, -0.1) is 0 Å². The van der Waals surface area contributed by atoms with Crippen molar-refractivity contribution in [1.29, 1.82) is 0 Å². The average Bonchev–Trinajstić information content (AvgIpc) is 2.52. The smallest absolute Gasteiger partial charge is 0.222 e. The van der Waals surface area contributed by atoms with Crippen molar-refractivity contribution >= 4 is 5.91 Å². The van der Waals surface area contributed by atoms with E-state index in [-0.39, 0.29) is 5.91 Å². The molecular formula is C9H17NO2. The van der Waals surface area contributed by atoms with Crippen molar-refractivity contribution in [2.45, 2.75) is 19.8 Å². The fourth-order valence-electron chi connectivity index (χ4n) is 1.65. The number of carbonyl (C=O) groups is 1. The van der Waals surface area contributed by atoms with Crippen LogP contribution in [0.4, 0.5) is 0 Å². The molecule has 1 aliphatic rings. The molecule has 0 aromatic heterocycles. The summed E-state index contributed by atoms with van der Waals surface area (Å²) in [4.78, 5) is 13.2. The van der Waals surface area contributed by atoms with Crippen molar-refractivity contribution in [2.75, 3.05) is 26.8 Å². The zero-order valence-corrected chi connectivity index (χ0v) is 7.88. The third kappa shape index (κ3) is 2.21. The summed E-state index contributed by atoms with van der Waals surface area (Å²) in [6, 6.07) is 0. The summed E-state index contributed by atoms with van der Waals surface area (Å²) in [5.74, 6) is 0.833. The maximum atomic E-state index is 11.2. The van der Waals surface area contributed by atoms with Crippen LogP contribution in [-0.2, 0) is 9.53 Å². The second kappa shape index (κ2) is 4.45. The number of rotatable bonds is 3. The van der Waals surface area contributed by atoms with Gasteiger partial charge in [0.1, 0.15) is 0 Å². The van der Waals surface area contributed by atoms with Crippen LogP contribution in [0.5, 0.6) is 0 Å². The highest BCUT2D eigenvalue weighted by molar-refractivity contribution is 5.76. The Balaban J connectivity index is 2.30. The van der Waals surface area contributed by atoms with Crippen LogP contribution in [0.2, 0.25) is 0 Å². The van der Waals surface area contributed by atoms with E-state index in [1.807, 2.05) is 11.8 Å². The normalized spacial score (nSPS) is 23.2. The van der Waals surface area contributed by atoms with Crippen molar-refractivity contribution < 1.29 is 9.53 Å². The number of hydrogen-bond donors (Lipinski definition) is 0. The Labute approximate surface area is 73.7 Å². The highest BCUT2D eigenvalue weighted by Crippen LogP contribution is 2.16. The molecule has 3 heteroatoms. The molecule has 0 aliphatic carbocycles. The maximum Gasteiger partial charge on any atom is 0.222 e. The van der Waals surface area contributed by atoms with Crippen LogP contribution in [0.1, 0.15) is 19.8 Å². The van der Waals surface area contributed by atoms with Crippen LogP contribution in [0.15, 0.2) is 0 Å². The van der Waals surface area contributed by atoms with Crippen molar-refractivity contribution in [1.82, 2.24) is 4.90 Å². The van der Waals surface area contributed by atoms with Gasteiger partial charge in [-0.25, -0.2) is 0 Å². The topological polar surface area (TPSA) is 29.5 Å². The minimum atomic E-state index is 0.272. The lowest BCUT2D eigenvalue weighted by Gasteiger charge is -2.14. The molecule has 0 radical (unpaired) electrons. The summed E-state index contributed by atoms with van der Waals surface area (Å²) < 4.78 is 5.05. The van der Waals surface area contributed by atoms with Gasteiger partial charge < -0.3 is 9.64 Å². The third-order valence-corrected chi connectivity index (χ3v) is 2.34. The molecule has 1 unspecified atom stereocenters. The van der Waals surface area contributed by atoms with Gasteiger partial charge in [0.2, 0.25) is 5.91 Å². The Kier molecular flexibility index (Phi) is 3.53. The Bertz CT molecular complexity index is 159. The molecule has 1 amide bonds. The second-order valence-electron chi connectivity index (χ2n) is 3.30. The quantitative estimate of drug-likeness (QED) is 0.631. The number of nitrogens with zero attached hydrogens (tertiary/aromatic N) is 1. The van der Waals surface area contributed by atoms with Crippen LogP contribution in [0.3, 0.4) is 0 Å². The van der Waals surface area contributed by atoms with E-state index in [9.17, 15) is 4.79 Å². The van der Waals surface area contributed by atoms with Crippen molar-refractivity contribution in [3.05, 3.63) is 0 Å². The number of amides is 1. The lowest BCUT2D eigenvalue weighted by molar-refractivity contribution is -0.129. The molecule has 0 bridgehead atoms. The molecule has 70 valence electrons. The Morgan fingerprint density at radius 2 is 2.42 bits per heavy atom. The molecular weight excluding hydrogens is 154 g/mol. The summed E-state index contributed by atoms with van der Waals surface area (Å²) in [5.41, 5.74) is 0. The standard InChI is InChI=1S/C9H17NO2/c1-3-9(11)10-5-4-8(6-10)7-12-2/h8H,3-7H2,1-2H3. The number of hydrogen-bond acceptors (Lipinski definition) is 2. The summed E-state index contributed by atoms with van der Waals surface area (Å²) in [6.07, 6.45) is 1.72. The van der Waals surface area contributed by atoms with Gasteiger partial charge in [-0.2, -0.15) is 0 Å². The first-order valence-corrected chi connectivity index (χ1v) is 4.54. The fourth-order valence-corrected chi connectivity index (χ4v) is 1.65. The molecule has 0 aromatic carbocycles. The predicted molar refractivity (Wildman–Crippen MR) is 46.9 cm³/mol. The van der Waals surface area contributed by atoms with Gasteiger partial charge in [0, 0.05) is 32.5 Å². The maximum absolute atomic E-state index is 11.2. The van der Waals surface area contributed by atoms with Gasteiger partial charge in [-0.3, -0.25) is 4.79 Å². The molecule has 1 atom stereocenters. The molecule has 0 aromatic rings. The minimum absolute atomic E-state index is 0.272. The van der Waals surface area contributed by atoms with Crippen LogP contribution in [0, 0.1) is 5.92 Å². The molecule has 0 N–H and O–H groups in total. The first kappa shape index (κ1) is 9.52. The molecule has 12 heavy (non-hydrogen) atoms. The van der Waals surface area contributed by atoms with E-state index >= 15 is 0 Å². The van der Waals surface area contributed by atoms with Crippen molar-refractivity contribution in [2.24, 2.45) is 5.92 Å². The summed E-state index contributed by atoms with van der Waals surface area (Å²) in [7, 11) is 1.71. The second-order valence-corrected chi connectivity index (χ2v) is 3.30. The van der Waals surface area contributed by atoms with Crippen LogP contribution in [-0.4, -0.2) is 37.6 Å². The molecule has 1 heterocycles. The molecule has 0 spiro atoms. The van der Waals surface area contributed by atoms with Crippen molar-refractivity contribution in [3.63, 3.8) is 0 Å². The zero-order valence-electron chi connectivity index (χ0n) is 7.88. The first-order valence-electron chi connectivity index (χ1n) is 4.54. The van der Waals surface area contributed by atoms with E-state index in [1.165, 1.54) is 0 Å². The van der Waals surface area contributed by atoms with Gasteiger partial charge in [-0.05, 0) is 6.42 Å². The van der Waals surface area contributed by atoms with Gasteiger partial charge in [0.15, 0.2) is 0 Å². The predicted octanol–water partition coefficient (Wildman–Crippen LogP) is 0.891. The largest absolute Gasteiger partial charge is 0.384 e. The average molecular weight is 171 g/mol. The third-order valence-electron chi connectivity index (χ3n) is 2.34. The molecule has 0 saturated carbocycles. The zero-order chi connectivity index (χ0) is 8.97. The van der Waals surface area contributed by atoms with Crippen molar-refractivity contribution in [3.8, 4) is 0 Å². The highest BCUT2D eigenvalue weighted by Gasteiger charge is 2.24. The molecule has 1 fully saturated rings. The van der Waals surface area contributed by atoms with E-state index in [0.717, 1.165) is 26.1 Å². The lowest BCUT2D eigenvalue weighted by atomic mass is 10.1. The lowest BCUT2D eigenvalue weighted by Crippen LogP contribution is -2.28. The first-order chi connectivity index (χ1) is 5.77. The van der Waals surface area contributed by atoms with Gasteiger partial charge in [-0.1, -0.05) is 6.92 Å². The monoisotopic (exact) mass is 171 g/mol. The number of methoxy groups -OCH3 is 1. The molecule has 1 aliphatic heterocycles. The van der Waals surface area contributed by atoms with Crippen LogP contribution >= 0.6 is 0 Å². The summed E-state index contributed by atoms with van der Waals surface area (Å²) in [5, 5.41) is 0. The SMILES string of the molecule is CCC(=O)N1CCC(COC)C1.